The zero-order valence-electron chi connectivity index (χ0n) is 20.9. The van der Waals surface area contributed by atoms with Crippen molar-refractivity contribution in [3.05, 3.63) is 39.8 Å². The topological polar surface area (TPSA) is 79.2 Å². The summed E-state index contributed by atoms with van der Waals surface area (Å²) in [4.78, 5) is 31.8. The third kappa shape index (κ3) is 6.12. The van der Waals surface area contributed by atoms with Crippen LogP contribution in [0.15, 0.2) is 28.1 Å². The number of carbonyl (C=O) groups is 2. The number of aliphatic imine (C=N–C) groups is 1. The van der Waals surface area contributed by atoms with E-state index in [0.717, 1.165) is 16.7 Å². The first kappa shape index (κ1) is 28.2. The smallest absolute Gasteiger partial charge is 0.333 e. The van der Waals surface area contributed by atoms with Crippen LogP contribution in [0.3, 0.4) is 0 Å². The molecule has 1 aromatic rings. The number of esters is 1. The van der Waals surface area contributed by atoms with Gasteiger partial charge in [-0.05, 0) is 46.4 Å². The summed E-state index contributed by atoms with van der Waals surface area (Å²) in [7, 11) is 0. The predicted molar refractivity (Wildman–Crippen MR) is 144 cm³/mol. The lowest BCUT2D eigenvalue weighted by Gasteiger charge is -2.50. The highest BCUT2D eigenvalue weighted by Crippen LogP contribution is 2.42. The van der Waals surface area contributed by atoms with Crippen LogP contribution < -0.4 is 0 Å². The van der Waals surface area contributed by atoms with Gasteiger partial charge in [-0.3, -0.25) is 9.79 Å². The number of phenolic OH excluding ortho intramolecular Hbond substituents is 1. The van der Waals surface area contributed by atoms with Gasteiger partial charge in [-0.1, -0.05) is 76.3 Å². The summed E-state index contributed by atoms with van der Waals surface area (Å²) in [5.41, 5.74) is 2.55. The molecule has 0 spiro atoms. The van der Waals surface area contributed by atoms with Crippen molar-refractivity contribution in [2.24, 2.45) is 4.99 Å². The van der Waals surface area contributed by atoms with E-state index in [-0.39, 0.29) is 27.9 Å². The molecule has 2 aliphatic heterocycles. The Bertz CT molecular complexity index is 1050. The number of aromatic hydroxyl groups is 1. The number of thioether (sulfide) groups is 1. The first-order valence-electron chi connectivity index (χ1n) is 11.2. The predicted octanol–water partition coefficient (Wildman–Crippen LogP) is 5.88. The lowest BCUT2D eigenvalue weighted by atomic mass is 9.78. The molecule has 10 heteroatoms. The van der Waals surface area contributed by atoms with Crippen LogP contribution in [-0.2, 0) is 25.2 Å². The molecule has 1 aromatic carbocycles. The van der Waals surface area contributed by atoms with Gasteiger partial charge in [0.1, 0.15) is 17.7 Å². The van der Waals surface area contributed by atoms with Gasteiger partial charge in [0.2, 0.25) is 3.79 Å². The molecule has 6 nitrogen and oxygen atoms in total. The van der Waals surface area contributed by atoms with Gasteiger partial charge in [0.05, 0.1) is 0 Å². The van der Waals surface area contributed by atoms with Crippen LogP contribution in [-0.4, -0.2) is 56.0 Å². The Morgan fingerprint density at radius 3 is 2.17 bits per heavy atom. The number of amides is 1. The van der Waals surface area contributed by atoms with Crippen molar-refractivity contribution in [2.75, 3.05) is 6.61 Å². The minimum atomic E-state index is -1.73. The second-order valence-electron chi connectivity index (χ2n) is 10.9. The van der Waals surface area contributed by atoms with Crippen LogP contribution in [0.2, 0.25) is 0 Å². The fourth-order valence-electron chi connectivity index (χ4n) is 4.05. The minimum absolute atomic E-state index is 0.270. The zero-order chi connectivity index (χ0) is 26.5. The van der Waals surface area contributed by atoms with E-state index in [0.29, 0.717) is 5.57 Å². The van der Waals surface area contributed by atoms with Gasteiger partial charge in [0.25, 0.3) is 5.91 Å². The number of ether oxygens (including phenoxy) is 1. The van der Waals surface area contributed by atoms with Gasteiger partial charge in [0, 0.05) is 17.3 Å². The monoisotopic (exact) mass is 560 g/mol. The lowest BCUT2D eigenvalue weighted by Crippen LogP contribution is -2.68. The molecule has 192 valence electrons. The van der Waals surface area contributed by atoms with Gasteiger partial charge >= 0.3 is 5.97 Å². The quantitative estimate of drug-likeness (QED) is 0.215. The number of nitrogens with zero attached hydrogens (tertiary/aromatic N) is 2. The Balaban J connectivity index is 1.86. The van der Waals surface area contributed by atoms with Crippen molar-refractivity contribution in [3.63, 3.8) is 0 Å². The first-order chi connectivity index (χ1) is 15.9. The van der Waals surface area contributed by atoms with Crippen LogP contribution >= 0.6 is 46.6 Å². The number of carbonyl (C=O) groups excluding carboxylic acids is 2. The van der Waals surface area contributed by atoms with E-state index in [4.69, 9.17) is 39.5 Å². The number of alkyl halides is 3. The molecule has 35 heavy (non-hydrogen) atoms. The molecule has 2 aliphatic rings. The number of halogens is 3. The second-order valence-corrected chi connectivity index (χ2v) is 14.5. The zero-order valence-corrected chi connectivity index (χ0v) is 23.9. The Morgan fingerprint density at radius 1 is 1.14 bits per heavy atom. The molecule has 1 saturated heterocycles. The molecule has 0 bridgehead atoms. The SMILES string of the molecule is CC1=CS[C@@H]2[C@H](/N=C/c3cc(C(C)(C)C)c(O)c(C(C)(C)C)c3)C(=O)N2C1C(=O)OCC(Cl)(Cl)Cl. The maximum atomic E-state index is 13.0. The minimum Gasteiger partial charge on any atom is -0.507 e. The van der Waals surface area contributed by atoms with E-state index in [9.17, 15) is 14.7 Å². The van der Waals surface area contributed by atoms with E-state index < -0.39 is 28.5 Å². The highest BCUT2D eigenvalue weighted by molar-refractivity contribution is 8.02. The molecule has 1 amide bonds. The van der Waals surface area contributed by atoms with Crippen molar-refractivity contribution in [3.8, 4) is 5.75 Å². The Kier molecular flexibility index (Phi) is 7.89. The molecule has 0 aliphatic carbocycles. The van der Waals surface area contributed by atoms with E-state index in [1.807, 2.05) is 59.1 Å². The molecule has 0 aromatic heterocycles. The molecule has 2 heterocycles. The second kappa shape index (κ2) is 9.81. The van der Waals surface area contributed by atoms with E-state index >= 15 is 0 Å². The Morgan fingerprint density at radius 2 is 1.69 bits per heavy atom. The third-order valence-electron chi connectivity index (χ3n) is 5.89. The fourth-order valence-corrected chi connectivity index (χ4v) is 5.39. The van der Waals surface area contributed by atoms with E-state index in [2.05, 4.69) is 4.99 Å². The van der Waals surface area contributed by atoms with E-state index in [1.165, 1.54) is 16.7 Å². The number of phenols is 1. The van der Waals surface area contributed by atoms with E-state index in [1.54, 1.807) is 13.1 Å². The summed E-state index contributed by atoms with van der Waals surface area (Å²) in [6, 6.07) is 2.30. The van der Waals surface area contributed by atoms with Crippen LogP contribution in [0, 0.1) is 0 Å². The van der Waals surface area contributed by atoms with Crippen LogP contribution in [0.5, 0.6) is 5.75 Å². The van der Waals surface area contributed by atoms with Crippen LogP contribution in [0.25, 0.3) is 0 Å². The first-order valence-corrected chi connectivity index (χ1v) is 13.3. The van der Waals surface area contributed by atoms with Crippen molar-refractivity contribution in [1.82, 2.24) is 4.90 Å². The van der Waals surface area contributed by atoms with Crippen molar-refractivity contribution >= 4 is 64.7 Å². The highest BCUT2D eigenvalue weighted by Gasteiger charge is 2.55. The molecule has 1 unspecified atom stereocenters. The summed E-state index contributed by atoms with van der Waals surface area (Å²) in [6.45, 7) is 13.6. The number of fused-ring (bicyclic) bond motifs is 1. The van der Waals surface area contributed by atoms with Gasteiger partial charge in [-0.25, -0.2) is 4.79 Å². The fraction of sp³-hybridized carbons (Fsp3) is 0.560. The number of β-lactam (4-membered cyclic amide) rings is 1. The van der Waals surface area contributed by atoms with Gasteiger partial charge in [-0.15, -0.1) is 11.8 Å². The molecular formula is C25H31Cl3N2O4S. The number of benzene rings is 1. The molecule has 1 fully saturated rings. The molecule has 0 radical (unpaired) electrons. The normalized spacial score (nSPS) is 23.1. The highest BCUT2D eigenvalue weighted by atomic mass is 35.6. The Hall–Kier alpha value is -1.41. The maximum absolute atomic E-state index is 13.0. The molecule has 3 atom stereocenters. The van der Waals surface area contributed by atoms with Crippen LogP contribution in [0.4, 0.5) is 0 Å². The van der Waals surface area contributed by atoms with Crippen molar-refractivity contribution in [2.45, 2.75) is 80.5 Å². The average Bonchev–Trinajstić information content (AvgIpc) is 2.70. The average molecular weight is 562 g/mol. The van der Waals surface area contributed by atoms with Crippen molar-refractivity contribution < 1.29 is 19.4 Å². The van der Waals surface area contributed by atoms with Crippen LogP contribution in [0.1, 0.15) is 65.2 Å². The maximum Gasteiger partial charge on any atom is 0.333 e. The number of hydrogen-bond acceptors (Lipinski definition) is 6. The van der Waals surface area contributed by atoms with Crippen molar-refractivity contribution in [1.29, 1.82) is 0 Å². The summed E-state index contributed by atoms with van der Waals surface area (Å²) in [6.07, 6.45) is 1.67. The largest absolute Gasteiger partial charge is 0.507 e. The molecular weight excluding hydrogens is 531 g/mol. The summed E-state index contributed by atoms with van der Waals surface area (Å²) >= 11 is 18.5. The molecule has 0 saturated carbocycles. The molecule has 3 rings (SSSR count). The standard InChI is InChI=1S/C25H31Cl3N2O4S/c1-13-11-35-21-17(20(32)30(21)18(13)22(33)34-12-25(26,27)28)29-10-14-8-15(23(2,3)4)19(31)16(9-14)24(5,6)7/h8-11,17-18,21,31H,12H2,1-7H3/b29-10+/t17-,18?,21-/m1/s1. The summed E-state index contributed by atoms with van der Waals surface area (Å²) in [5.74, 6) is -0.630. The number of hydrogen-bond donors (Lipinski definition) is 1. The Labute approximate surface area is 226 Å². The summed E-state index contributed by atoms with van der Waals surface area (Å²) < 4.78 is 3.41. The lowest BCUT2D eigenvalue weighted by molar-refractivity contribution is -0.161. The van der Waals surface area contributed by atoms with Gasteiger partial charge in [0.15, 0.2) is 12.1 Å². The summed E-state index contributed by atoms with van der Waals surface area (Å²) in [5, 5.41) is 12.4. The third-order valence-corrected chi connectivity index (χ3v) is 7.49. The molecule has 1 N–H and O–H groups in total. The van der Waals surface area contributed by atoms with Gasteiger partial charge < -0.3 is 14.7 Å². The van der Waals surface area contributed by atoms with Gasteiger partial charge in [-0.2, -0.15) is 0 Å². The number of rotatable bonds is 4.